The first-order valence-corrected chi connectivity index (χ1v) is 7.93. The number of alkyl halides is 12. The predicted octanol–water partition coefficient (Wildman–Crippen LogP) is 7.67. The summed E-state index contributed by atoms with van der Waals surface area (Å²) >= 11 is 0. The Balaban J connectivity index is 6.36. The van der Waals surface area contributed by atoms with Crippen molar-refractivity contribution in [2.75, 3.05) is 0 Å². The van der Waals surface area contributed by atoms with Crippen molar-refractivity contribution in [3.8, 4) is 0 Å². The average Bonchev–Trinajstić information content (AvgIpc) is 2.31. The van der Waals surface area contributed by atoms with Crippen molar-refractivity contribution in [3.05, 3.63) is 0 Å². The molecule has 170 valence electrons. The molecule has 0 nitrogen and oxygen atoms in total. The molecule has 0 aliphatic rings. The summed E-state index contributed by atoms with van der Waals surface area (Å²) in [6.45, 7) is 5.25. The van der Waals surface area contributed by atoms with E-state index in [2.05, 4.69) is 0 Å². The Bertz CT molecular complexity index is 499. The van der Waals surface area contributed by atoms with Crippen molar-refractivity contribution in [2.24, 2.45) is 10.8 Å². The summed E-state index contributed by atoms with van der Waals surface area (Å²) in [6, 6.07) is 0. The summed E-state index contributed by atoms with van der Waals surface area (Å²) in [5.74, 6) is -40.9. The molecule has 0 aliphatic carbocycles. The second kappa shape index (κ2) is 6.85. The zero-order chi connectivity index (χ0) is 23.4. The third-order valence-electron chi connectivity index (χ3n) is 3.61. The topological polar surface area (TPSA) is 0 Å². The van der Waals surface area contributed by atoms with Gasteiger partial charge in [0.1, 0.15) is 0 Å². The molecule has 28 heavy (non-hydrogen) atoms. The molecule has 0 N–H and O–H groups in total. The highest BCUT2D eigenvalue weighted by molar-refractivity contribution is 5.12. The maximum Gasteiger partial charge on any atom is 0.384 e. The molecule has 0 rings (SSSR count). The van der Waals surface area contributed by atoms with Crippen LogP contribution in [0.2, 0.25) is 0 Å². The van der Waals surface area contributed by atoms with Crippen LogP contribution >= 0.6 is 0 Å². The lowest BCUT2D eigenvalue weighted by Crippen LogP contribution is -2.71. The van der Waals surface area contributed by atoms with Gasteiger partial charge in [-0.1, -0.05) is 41.5 Å². The minimum Gasteiger partial charge on any atom is -0.200 e. The fraction of sp³-hybridized carbons (Fsp3) is 1.00. The first-order chi connectivity index (χ1) is 11.7. The van der Waals surface area contributed by atoms with Crippen LogP contribution < -0.4 is 0 Å². The van der Waals surface area contributed by atoms with Crippen LogP contribution in [0.5, 0.6) is 0 Å². The van der Waals surface area contributed by atoms with E-state index in [-0.39, 0.29) is 0 Å². The van der Waals surface area contributed by atoms with Gasteiger partial charge in [-0.25, -0.2) is 0 Å². The lowest BCUT2D eigenvalue weighted by atomic mass is 9.80. The molecular weight excluding hydrogens is 420 g/mol. The number of halogens is 12. The normalized spacial score (nSPS) is 16.5. The van der Waals surface area contributed by atoms with Gasteiger partial charge in [-0.2, -0.15) is 52.7 Å². The molecule has 0 bridgehead atoms. The molecule has 0 spiro atoms. The maximum absolute atomic E-state index is 13.7. The highest BCUT2D eigenvalue weighted by Gasteiger charge is 2.89. The standard InChI is InChI=1S/C16H22F12/c1-9(2,3)7-11(17,18)13(21,22)15(25,26)16(27,28)14(23,24)12(19,20)8-10(4,5)6/h7-8H2,1-6H3. The zero-order valence-electron chi connectivity index (χ0n) is 15.9. The van der Waals surface area contributed by atoms with Crippen molar-refractivity contribution in [3.63, 3.8) is 0 Å². The van der Waals surface area contributed by atoms with E-state index in [0.717, 1.165) is 41.5 Å². The van der Waals surface area contributed by atoms with E-state index in [9.17, 15) is 52.7 Å². The third-order valence-corrected chi connectivity index (χ3v) is 3.61. The van der Waals surface area contributed by atoms with E-state index in [1.807, 2.05) is 0 Å². The fourth-order valence-corrected chi connectivity index (χ4v) is 2.41. The van der Waals surface area contributed by atoms with Crippen LogP contribution in [0.1, 0.15) is 54.4 Å². The molecule has 0 unspecified atom stereocenters. The molecule has 0 aromatic heterocycles. The van der Waals surface area contributed by atoms with Gasteiger partial charge in [-0.05, 0) is 10.8 Å². The summed E-state index contributed by atoms with van der Waals surface area (Å²) in [4.78, 5) is 0. The van der Waals surface area contributed by atoms with Gasteiger partial charge in [0, 0.05) is 12.8 Å². The van der Waals surface area contributed by atoms with Gasteiger partial charge in [-0.15, -0.1) is 0 Å². The summed E-state index contributed by atoms with van der Waals surface area (Å²) < 4.78 is 164. The van der Waals surface area contributed by atoms with Crippen LogP contribution in [0, 0.1) is 10.8 Å². The quantitative estimate of drug-likeness (QED) is 0.355. The van der Waals surface area contributed by atoms with Crippen molar-refractivity contribution >= 4 is 0 Å². The smallest absolute Gasteiger partial charge is 0.200 e. The van der Waals surface area contributed by atoms with Crippen LogP contribution in [0.3, 0.4) is 0 Å². The van der Waals surface area contributed by atoms with Crippen LogP contribution in [0.4, 0.5) is 52.7 Å². The average molecular weight is 442 g/mol. The van der Waals surface area contributed by atoms with Gasteiger partial charge in [0.05, 0.1) is 0 Å². The van der Waals surface area contributed by atoms with E-state index in [1.165, 1.54) is 0 Å². The number of hydrogen-bond acceptors (Lipinski definition) is 0. The molecule has 0 aliphatic heterocycles. The van der Waals surface area contributed by atoms with Crippen molar-refractivity contribution in [2.45, 2.75) is 89.9 Å². The van der Waals surface area contributed by atoms with E-state index < -0.39 is 59.2 Å². The maximum atomic E-state index is 13.7. The molecule has 0 aromatic rings. The Hall–Kier alpha value is -0.840. The highest BCUT2D eigenvalue weighted by Crippen LogP contribution is 2.62. The van der Waals surface area contributed by atoms with Crippen LogP contribution in [0.25, 0.3) is 0 Å². The monoisotopic (exact) mass is 442 g/mol. The number of hydrogen-bond donors (Lipinski definition) is 0. The molecule has 0 amide bonds. The predicted molar refractivity (Wildman–Crippen MR) is 77.8 cm³/mol. The second-order valence-corrected chi connectivity index (χ2v) is 9.18. The SMILES string of the molecule is CC(C)(C)CC(F)(F)C(F)(F)C(F)(F)C(F)(F)C(F)(F)C(F)(F)CC(C)(C)C. The molecule has 0 fully saturated rings. The molecule has 0 radical (unpaired) electrons. The fourth-order valence-electron chi connectivity index (χ4n) is 2.41. The van der Waals surface area contributed by atoms with Crippen molar-refractivity contribution < 1.29 is 52.7 Å². The van der Waals surface area contributed by atoms with E-state index >= 15 is 0 Å². The van der Waals surface area contributed by atoms with Gasteiger partial charge in [0.2, 0.25) is 0 Å². The molecule has 0 atom stereocenters. The highest BCUT2D eigenvalue weighted by atomic mass is 19.4. The van der Waals surface area contributed by atoms with E-state index in [4.69, 9.17) is 0 Å². The largest absolute Gasteiger partial charge is 0.384 e. The first-order valence-electron chi connectivity index (χ1n) is 7.93. The van der Waals surface area contributed by atoms with Gasteiger partial charge >= 0.3 is 35.5 Å². The molecular formula is C16H22F12. The Kier molecular flexibility index (Phi) is 6.65. The minimum absolute atomic E-state index is 0.874. The minimum atomic E-state index is -7.49. The Morgan fingerprint density at radius 2 is 0.536 bits per heavy atom. The van der Waals surface area contributed by atoms with Crippen LogP contribution in [-0.4, -0.2) is 35.5 Å². The Labute approximate surface area is 154 Å². The summed E-state index contributed by atoms with van der Waals surface area (Å²) in [6.07, 6.45) is -4.19. The Morgan fingerprint density at radius 1 is 0.357 bits per heavy atom. The number of rotatable bonds is 7. The summed E-state index contributed by atoms with van der Waals surface area (Å²) in [5, 5.41) is 0. The lowest BCUT2D eigenvalue weighted by molar-refractivity contribution is -0.428. The van der Waals surface area contributed by atoms with Gasteiger partial charge in [0.15, 0.2) is 0 Å². The van der Waals surface area contributed by atoms with Crippen LogP contribution in [0.15, 0.2) is 0 Å². The molecule has 0 saturated carbocycles. The van der Waals surface area contributed by atoms with Gasteiger partial charge in [-0.3, -0.25) is 0 Å². The van der Waals surface area contributed by atoms with Crippen LogP contribution in [-0.2, 0) is 0 Å². The Morgan fingerprint density at radius 3 is 0.679 bits per heavy atom. The van der Waals surface area contributed by atoms with Crippen molar-refractivity contribution in [1.82, 2.24) is 0 Å². The molecule has 0 aromatic carbocycles. The van der Waals surface area contributed by atoms with Gasteiger partial charge < -0.3 is 0 Å². The lowest BCUT2D eigenvalue weighted by Gasteiger charge is -2.43. The molecule has 0 saturated heterocycles. The van der Waals surface area contributed by atoms with Crippen molar-refractivity contribution in [1.29, 1.82) is 0 Å². The molecule has 12 heteroatoms. The second-order valence-electron chi connectivity index (χ2n) is 9.18. The van der Waals surface area contributed by atoms with E-state index in [1.54, 1.807) is 0 Å². The summed E-state index contributed by atoms with van der Waals surface area (Å²) in [7, 11) is 0. The van der Waals surface area contributed by atoms with Gasteiger partial charge in [0.25, 0.3) is 0 Å². The zero-order valence-corrected chi connectivity index (χ0v) is 15.9. The van der Waals surface area contributed by atoms with E-state index in [0.29, 0.717) is 0 Å². The third kappa shape index (κ3) is 4.66. The molecule has 0 heterocycles. The summed E-state index contributed by atoms with van der Waals surface area (Å²) in [5.41, 5.74) is -3.62. The first kappa shape index (κ1) is 27.2.